The monoisotopic (exact) mass is 339 g/mol. The standard InChI is InChI=1S/C15H21N3O4S/c1-5-15(12-10-8-7-9-11-12)13(18(3)4)16-23(20,22-15)17-14(19)21-6-2/h7-11H,5-6H2,1-4H3. The minimum atomic E-state index is -3.54. The Morgan fingerprint density at radius 2 is 2.00 bits per heavy atom. The molecule has 1 amide bonds. The molecule has 1 aromatic carbocycles. The van der Waals surface area contributed by atoms with Crippen molar-refractivity contribution in [3.63, 3.8) is 0 Å². The summed E-state index contributed by atoms with van der Waals surface area (Å²) in [6, 6.07) is 9.36. The summed E-state index contributed by atoms with van der Waals surface area (Å²) in [6.07, 6.45) is -0.456. The molecule has 0 aliphatic carbocycles. The third kappa shape index (κ3) is 3.37. The molecular weight excluding hydrogens is 318 g/mol. The third-order valence-corrected chi connectivity index (χ3v) is 4.72. The van der Waals surface area contributed by atoms with Crippen LogP contribution < -0.4 is 0 Å². The van der Waals surface area contributed by atoms with E-state index in [2.05, 4.69) is 8.76 Å². The Kier molecular flexibility index (Phi) is 5.06. The first-order valence-electron chi connectivity index (χ1n) is 7.34. The van der Waals surface area contributed by atoms with Crippen LogP contribution in [0.25, 0.3) is 0 Å². The molecule has 2 atom stereocenters. The van der Waals surface area contributed by atoms with Crippen molar-refractivity contribution in [3.8, 4) is 0 Å². The van der Waals surface area contributed by atoms with Gasteiger partial charge in [-0.3, -0.25) is 0 Å². The van der Waals surface area contributed by atoms with Gasteiger partial charge in [-0.15, -0.1) is 4.40 Å². The van der Waals surface area contributed by atoms with Gasteiger partial charge in [0.15, 0.2) is 11.4 Å². The number of ether oxygens (including phenoxy) is 1. The van der Waals surface area contributed by atoms with Crippen molar-refractivity contribution >= 4 is 22.1 Å². The Labute approximate surface area is 136 Å². The molecule has 126 valence electrons. The molecule has 0 spiro atoms. The number of rotatable bonds is 3. The average Bonchev–Trinajstić information content (AvgIpc) is 2.82. The number of carbonyl (C=O) groups is 1. The first-order chi connectivity index (χ1) is 10.9. The maximum atomic E-state index is 12.8. The van der Waals surface area contributed by atoms with E-state index in [1.54, 1.807) is 25.9 Å². The lowest BCUT2D eigenvalue weighted by molar-refractivity contribution is 0.148. The largest absolute Gasteiger partial charge is 0.448 e. The van der Waals surface area contributed by atoms with Gasteiger partial charge in [0.2, 0.25) is 0 Å². The van der Waals surface area contributed by atoms with Crippen LogP contribution in [0.15, 0.2) is 39.1 Å². The average molecular weight is 339 g/mol. The van der Waals surface area contributed by atoms with E-state index < -0.39 is 21.9 Å². The zero-order valence-corrected chi connectivity index (χ0v) is 14.5. The number of hydrogen-bond donors (Lipinski definition) is 0. The Hall–Kier alpha value is -1.93. The highest BCUT2D eigenvalue weighted by atomic mass is 32.2. The lowest BCUT2D eigenvalue weighted by atomic mass is 9.89. The first-order valence-corrected chi connectivity index (χ1v) is 8.74. The lowest BCUT2D eigenvalue weighted by Crippen LogP contribution is -2.42. The zero-order valence-electron chi connectivity index (χ0n) is 13.7. The van der Waals surface area contributed by atoms with Crippen molar-refractivity contribution in [2.24, 2.45) is 8.76 Å². The normalized spacial score (nSPS) is 26.5. The van der Waals surface area contributed by atoms with Gasteiger partial charge in [-0.25, -0.2) is 8.98 Å². The van der Waals surface area contributed by atoms with Crippen LogP contribution in [-0.2, 0) is 24.7 Å². The molecule has 1 aromatic rings. The van der Waals surface area contributed by atoms with Crippen molar-refractivity contribution in [2.75, 3.05) is 20.7 Å². The second-order valence-electron chi connectivity index (χ2n) is 5.18. The summed E-state index contributed by atoms with van der Waals surface area (Å²) in [7, 11) is 0.0252. The quantitative estimate of drug-likeness (QED) is 0.846. The van der Waals surface area contributed by atoms with Gasteiger partial charge < -0.3 is 9.64 Å². The summed E-state index contributed by atoms with van der Waals surface area (Å²) in [5.41, 5.74) is -0.211. The summed E-state index contributed by atoms with van der Waals surface area (Å²) >= 11 is 0. The summed E-state index contributed by atoms with van der Waals surface area (Å²) in [4.78, 5) is 13.3. The fourth-order valence-corrected chi connectivity index (χ4v) is 4.00. The van der Waals surface area contributed by atoms with E-state index in [1.165, 1.54) is 0 Å². The number of amidine groups is 1. The lowest BCUT2D eigenvalue weighted by Gasteiger charge is -2.31. The van der Waals surface area contributed by atoms with Crippen molar-refractivity contribution < 1.29 is 17.9 Å². The van der Waals surface area contributed by atoms with E-state index in [0.717, 1.165) is 5.56 Å². The molecule has 0 bridgehead atoms. The number of hydrogen-bond acceptors (Lipinski definition) is 5. The van der Waals surface area contributed by atoms with Crippen LogP contribution in [0.5, 0.6) is 0 Å². The molecular formula is C15H21N3O4S. The van der Waals surface area contributed by atoms with Gasteiger partial charge in [0.25, 0.3) is 10.2 Å². The third-order valence-electron chi connectivity index (χ3n) is 3.43. The molecule has 1 aliphatic heterocycles. The van der Waals surface area contributed by atoms with Crippen LogP contribution >= 0.6 is 0 Å². The van der Waals surface area contributed by atoms with Crippen LogP contribution in [0, 0.1) is 0 Å². The van der Waals surface area contributed by atoms with Crippen LogP contribution in [0.1, 0.15) is 25.8 Å². The van der Waals surface area contributed by atoms with Crippen molar-refractivity contribution in [1.29, 1.82) is 0 Å². The molecule has 0 N–H and O–H groups in total. The molecule has 0 saturated carbocycles. The van der Waals surface area contributed by atoms with Gasteiger partial charge in [-0.2, -0.15) is 4.21 Å². The van der Waals surface area contributed by atoms with Gasteiger partial charge in [0.05, 0.1) is 6.61 Å². The zero-order chi connectivity index (χ0) is 17.1. The maximum Gasteiger partial charge on any atom is 0.445 e. The van der Waals surface area contributed by atoms with Crippen LogP contribution in [0.3, 0.4) is 0 Å². The minimum absolute atomic E-state index is 0.139. The molecule has 23 heavy (non-hydrogen) atoms. The predicted octanol–water partition coefficient (Wildman–Crippen LogP) is 2.74. The second-order valence-corrected chi connectivity index (χ2v) is 6.60. The molecule has 0 radical (unpaired) electrons. The second kappa shape index (κ2) is 6.67. The van der Waals surface area contributed by atoms with Gasteiger partial charge in [-0.05, 0) is 18.9 Å². The number of amides is 1. The van der Waals surface area contributed by atoms with Gasteiger partial charge in [0, 0.05) is 14.1 Å². The highest BCUT2D eigenvalue weighted by Crippen LogP contribution is 2.39. The molecule has 0 saturated heterocycles. The van der Waals surface area contributed by atoms with Gasteiger partial charge in [0.1, 0.15) is 0 Å². The summed E-state index contributed by atoms with van der Waals surface area (Å²) < 4.78 is 31.0. The number of nitrogens with zero attached hydrogens (tertiary/aromatic N) is 3. The Morgan fingerprint density at radius 3 is 2.52 bits per heavy atom. The van der Waals surface area contributed by atoms with Gasteiger partial charge >= 0.3 is 6.09 Å². The predicted molar refractivity (Wildman–Crippen MR) is 88.2 cm³/mol. The Bertz CT molecular complexity index is 723. The van der Waals surface area contributed by atoms with E-state index in [4.69, 9.17) is 8.92 Å². The fraction of sp³-hybridized carbons (Fsp3) is 0.467. The molecule has 8 heteroatoms. The smallest absolute Gasteiger partial charge is 0.445 e. The number of carbonyl (C=O) groups excluding carboxylic acids is 1. The molecule has 1 aliphatic rings. The Morgan fingerprint density at radius 1 is 1.35 bits per heavy atom. The molecule has 2 rings (SSSR count). The summed E-state index contributed by atoms with van der Waals surface area (Å²) in [5, 5.41) is 0. The van der Waals surface area contributed by atoms with Crippen LogP contribution in [0.4, 0.5) is 4.79 Å². The summed E-state index contributed by atoms with van der Waals surface area (Å²) in [6.45, 7) is 3.69. The van der Waals surface area contributed by atoms with E-state index in [1.807, 2.05) is 37.3 Å². The van der Waals surface area contributed by atoms with Crippen molar-refractivity contribution in [2.45, 2.75) is 25.9 Å². The van der Waals surface area contributed by atoms with E-state index in [0.29, 0.717) is 12.3 Å². The van der Waals surface area contributed by atoms with Crippen LogP contribution in [0.2, 0.25) is 0 Å². The van der Waals surface area contributed by atoms with Crippen molar-refractivity contribution in [1.82, 2.24) is 4.90 Å². The highest BCUT2D eigenvalue weighted by molar-refractivity contribution is 7.88. The summed E-state index contributed by atoms with van der Waals surface area (Å²) in [5.74, 6) is 0.462. The van der Waals surface area contributed by atoms with E-state index in [-0.39, 0.29) is 6.61 Å². The molecule has 0 aromatic heterocycles. The van der Waals surface area contributed by atoms with Crippen molar-refractivity contribution in [3.05, 3.63) is 35.9 Å². The Balaban J connectivity index is 2.57. The molecule has 2 unspecified atom stereocenters. The fourth-order valence-electron chi connectivity index (χ4n) is 2.46. The molecule has 1 heterocycles. The topological polar surface area (TPSA) is 80.6 Å². The van der Waals surface area contributed by atoms with Crippen LogP contribution in [-0.4, -0.2) is 41.7 Å². The van der Waals surface area contributed by atoms with Gasteiger partial charge in [-0.1, -0.05) is 41.6 Å². The number of likely N-dealkylation sites (N-methyl/N-ethyl adjacent to an activating group) is 1. The van der Waals surface area contributed by atoms with E-state index in [9.17, 15) is 9.00 Å². The minimum Gasteiger partial charge on any atom is -0.448 e. The molecule has 0 fully saturated rings. The first kappa shape index (κ1) is 17.4. The SMILES string of the molecule is CCOC(=O)N=S1(=O)N=C(N(C)C)C(CC)(c2ccccc2)O1. The van der Waals surface area contributed by atoms with E-state index >= 15 is 0 Å². The number of benzene rings is 1. The highest BCUT2D eigenvalue weighted by Gasteiger charge is 2.48. The molecule has 7 nitrogen and oxygen atoms in total. The maximum absolute atomic E-state index is 12.8.